The smallest absolute Gasteiger partial charge is 0.267 e. The summed E-state index contributed by atoms with van der Waals surface area (Å²) >= 11 is 4.20. The summed E-state index contributed by atoms with van der Waals surface area (Å²) in [6, 6.07) is 6.90. The molecule has 0 spiro atoms. The standard InChI is InChI=1S/C14H18N2O2S/c1-10(7-9-19)6-8-16-14(18)12-5-3-2-4-11(12)13(17)15-16/h2-5,10,19H,6-9H2,1H3,(H,15,17). The van der Waals surface area contributed by atoms with Crippen molar-refractivity contribution in [1.82, 2.24) is 9.78 Å². The van der Waals surface area contributed by atoms with E-state index < -0.39 is 0 Å². The number of rotatable bonds is 5. The van der Waals surface area contributed by atoms with Crippen LogP contribution < -0.4 is 11.1 Å². The number of hydrogen-bond acceptors (Lipinski definition) is 3. The fourth-order valence-corrected chi connectivity index (χ4v) is 2.56. The quantitative estimate of drug-likeness (QED) is 0.822. The molecule has 0 saturated heterocycles. The lowest BCUT2D eigenvalue weighted by molar-refractivity contribution is 0.440. The van der Waals surface area contributed by atoms with E-state index in [1.165, 1.54) is 4.68 Å². The van der Waals surface area contributed by atoms with Gasteiger partial charge in [0, 0.05) is 6.54 Å². The highest BCUT2D eigenvalue weighted by Crippen LogP contribution is 2.09. The number of H-pyrrole nitrogens is 1. The Bertz CT molecular complexity index is 675. The second-order valence-corrected chi connectivity index (χ2v) is 5.30. The minimum Gasteiger partial charge on any atom is -0.267 e. The van der Waals surface area contributed by atoms with E-state index in [0.717, 1.165) is 18.6 Å². The molecule has 1 heterocycles. The molecule has 2 rings (SSSR count). The Balaban J connectivity index is 2.32. The van der Waals surface area contributed by atoms with E-state index in [4.69, 9.17) is 0 Å². The molecule has 2 aromatic rings. The van der Waals surface area contributed by atoms with Crippen LogP contribution in [0.5, 0.6) is 0 Å². The zero-order valence-electron chi connectivity index (χ0n) is 10.9. The van der Waals surface area contributed by atoms with Crippen molar-refractivity contribution < 1.29 is 0 Å². The molecule has 0 radical (unpaired) electrons. The summed E-state index contributed by atoms with van der Waals surface area (Å²) in [4.78, 5) is 24.1. The number of nitrogens with one attached hydrogen (secondary N) is 1. The van der Waals surface area contributed by atoms with Gasteiger partial charge in [-0.1, -0.05) is 19.1 Å². The molecule has 19 heavy (non-hydrogen) atoms. The molecule has 0 amide bonds. The highest BCUT2D eigenvalue weighted by Gasteiger charge is 2.07. The number of aromatic nitrogens is 2. The number of hydrogen-bond donors (Lipinski definition) is 2. The lowest BCUT2D eigenvalue weighted by Gasteiger charge is -2.11. The van der Waals surface area contributed by atoms with Crippen molar-refractivity contribution >= 4 is 23.4 Å². The summed E-state index contributed by atoms with van der Waals surface area (Å²) in [5.41, 5.74) is -0.342. The minimum absolute atomic E-state index is 0.131. The second-order valence-electron chi connectivity index (χ2n) is 4.85. The van der Waals surface area contributed by atoms with Crippen LogP contribution in [0.2, 0.25) is 0 Å². The van der Waals surface area contributed by atoms with Gasteiger partial charge >= 0.3 is 0 Å². The first kappa shape index (κ1) is 13.9. The van der Waals surface area contributed by atoms with Crippen LogP contribution in [0.3, 0.4) is 0 Å². The lowest BCUT2D eigenvalue weighted by Crippen LogP contribution is -2.30. The van der Waals surface area contributed by atoms with Gasteiger partial charge in [0.15, 0.2) is 0 Å². The van der Waals surface area contributed by atoms with Crippen LogP contribution in [0.4, 0.5) is 0 Å². The van der Waals surface area contributed by atoms with Crippen LogP contribution in [0.15, 0.2) is 33.9 Å². The number of aryl methyl sites for hydroxylation is 1. The Kier molecular flexibility index (Phi) is 4.47. The van der Waals surface area contributed by atoms with Gasteiger partial charge in [-0.2, -0.15) is 12.6 Å². The van der Waals surface area contributed by atoms with Crippen LogP contribution in [-0.2, 0) is 6.54 Å². The summed E-state index contributed by atoms with van der Waals surface area (Å²) in [5, 5.41) is 3.58. The average molecular weight is 278 g/mol. The van der Waals surface area contributed by atoms with Crippen LogP contribution in [0, 0.1) is 5.92 Å². The van der Waals surface area contributed by atoms with Crippen molar-refractivity contribution in [2.45, 2.75) is 26.3 Å². The SMILES string of the molecule is CC(CCS)CCn1[nH]c(=O)c2ccccc2c1=O. The number of aromatic amines is 1. The molecule has 0 saturated carbocycles. The maximum absolute atomic E-state index is 12.2. The van der Waals surface area contributed by atoms with Gasteiger partial charge in [0.1, 0.15) is 0 Å². The first-order valence-electron chi connectivity index (χ1n) is 6.46. The summed E-state index contributed by atoms with van der Waals surface area (Å²) in [6.45, 7) is 2.66. The normalized spacial score (nSPS) is 12.7. The molecule has 1 unspecified atom stereocenters. The van der Waals surface area contributed by atoms with Crippen molar-refractivity contribution in [3.8, 4) is 0 Å². The first-order valence-corrected chi connectivity index (χ1v) is 7.09. The minimum atomic E-state index is -0.211. The zero-order valence-corrected chi connectivity index (χ0v) is 11.8. The molecule has 1 N–H and O–H groups in total. The summed E-state index contributed by atoms with van der Waals surface area (Å²) in [5.74, 6) is 1.32. The molecular formula is C14H18N2O2S. The van der Waals surface area contributed by atoms with Crippen LogP contribution in [0.1, 0.15) is 19.8 Å². The van der Waals surface area contributed by atoms with Crippen molar-refractivity contribution in [3.05, 3.63) is 45.0 Å². The lowest BCUT2D eigenvalue weighted by atomic mass is 10.1. The van der Waals surface area contributed by atoms with Gasteiger partial charge in [-0.15, -0.1) is 0 Å². The Hall–Kier alpha value is -1.49. The molecule has 0 aliphatic carbocycles. The van der Waals surface area contributed by atoms with Crippen LogP contribution in [0.25, 0.3) is 10.8 Å². The molecule has 0 aliphatic heterocycles. The molecule has 4 nitrogen and oxygen atoms in total. The average Bonchev–Trinajstić information content (AvgIpc) is 2.42. The number of thiol groups is 1. The van der Waals surface area contributed by atoms with Crippen molar-refractivity contribution in [2.24, 2.45) is 5.92 Å². The molecule has 0 fully saturated rings. The molecule has 0 bridgehead atoms. The predicted molar refractivity (Wildman–Crippen MR) is 81.1 cm³/mol. The molecular weight excluding hydrogens is 260 g/mol. The van der Waals surface area contributed by atoms with Gasteiger partial charge in [-0.25, -0.2) is 4.68 Å². The maximum Gasteiger partial charge on any atom is 0.273 e. The summed E-state index contributed by atoms with van der Waals surface area (Å²) < 4.78 is 1.42. The molecule has 1 aromatic heterocycles. The fourth-order valence-electron chi connectivity index (χ4n) is 2.12. The first-order chi connectivity index (χ1) is 9.13. The monoisotopic (exact) mass is 278 g/mol. The van der Waals surface area contributed by atoms with E-state index in [1.54, 1.807) is 24.3 Å². The molecule has 1 aromatic carbocycles. The van der Waals surface area contributed by atoms with Gasteiger partial charge < -0.3 is 0 Å². The second kappa shape index (κ2) is 6.10. The Morgan fingerprint density at radius 3 is 2.58 bits per heavy atom. The third-order valence-corrected chi connectivity index (χ3v) is 3.61. The van der Waals surface area contributed by atoms with Crippen molar-refractivity contribution in [1.29, 1.82) is 0 Å². The zero-order chi connectivity index (χ0) is 13.8. The predicted octanol–water partition coefficient (Wildman–Crippen LogP) is 2.04. The highest BCUT2D eigenvalue weighted by molar-refractivity contribution is 7.80. The molecule has 0 aliphatic rings. The van der Waals surface area contributed by atoms with Gasteiger partial charge in [0.05, 0.1) is 10.8 Å². The molecule has 5 heteroatoms. The van der Waals surface area contributed by atoms with Gasteiger partial charge in [-0.05, 0) is 36.6 Å². The maximum atomic E-state index is 12.2. The van der Waals surface area contributed by atoms with Gasteiger partial charge in [-0.3, -0.25) is 14.7 Å². The van der Waals surface area contributed by atoms with Crippen LogP contribution in [-0.4, -0.2) is 15.5 Å². The number of benzene rings is 1. The van der Waals surface area contributed by atoms with Crippen molar-refractivity contribution in [2.75, 3.05) is 5.75 Å². The fraction of sp³-hybridized carbons (Fsp3) is 0.429. The molecule has 1 atom stereocenters. The largest absolute Gasteiger partial charge is 0.273 e. The molecule has 102 valence electrons. The number of nitrogens with zero attached hydrogens (tertiary/aromatic N) is 1. The Morgan fingerprint density at radius 1 is 1.21 bits per heavy atom. The third-order valence-electron chi connectivity index (χ3n) is 3.35. The number of fused-ring (bicyclic) bond motifs is 1. The van der Waals surface area contributed by atoms with E-state index in [9.17, 15) is 9.59 Å². The van der Waals surface area contributed by atoms with Crippen molar-refractivity contribution in [3.63, 3.8) is 0 Å². The van der Waals surface area contributed by atoms with E-state index in [1.807, 2.05) is 0 Å². The highest BCUT2D eigenvalue weighted by atomic mass is 32.1. The van der Waals surface area contributed by atoms with Crippen LogP contribution >= 0.6 is 12.6 Å². The van der Waals surface area contributed by atoms with Gasteiger partial charge in [0.2, 0.25) is 0 Å². The third kappa shape index (κ3) is 3.10. The Morgan fingerprint density at radius 2 is 1.89 bits per heavy atom. The Labute approximate surface area is 116 Å². The summed E-state index contributed by atoms with van der Waals surface area (Å²) in [7, 11) is 0. The van der Waals surface area contributed by atoms with E-state index in [-0.39, 0.29) is 11.1 Å². The van der Waals surface area contributed by atoms with E-state index in [0.29, 0.717) is 23.2 Å². The van der Waals surface area contributed by atoms with E-state index >= 15 is 0 Å². The topological polar surface area (TPSA) is 54.9 Å². The van der Waals surface area contributed by atoms with Gasteiger partial charge in [0.25, 0.3) is 11.1 Å². The summed E-state index contributed by atoms with van der Waals surface area (Å²) in [6.07, 6.45) is 1.87. The van der Waals surface area contributed by atoms with E-state index in [2.05, 4.69) is 24.7 Å².